The summed E-state index contributed by atoms with van der Waals surface area (Å²) in [6, 6.07) is 12.2. The molecule has 4 heteroatoms. The lowest BCUT2D eigenvalue weighted by Gasteiger charge is -2.11. The van der Waals surface area contributed by atoms with Crippen molar-refractivity contribution in [2.24, 2.45) is 0 Å². The largest absolute Gasteiger partial charge is 0.396 e. The number of aromatic nitrogens is 3. The summed E-state index contributed by atoms with van der Waals surface area (Å²) in [7, 11) is 0. The monoisotopic (exact) mass is 253 g/mol. The van der Waals surface area contributed by atoms with E-state index in [0.29, 0.717) is 6.42 Å². The van der Waals surface area contributed by atoms with E-state index in [9.17, 15) is 5.11 Å². The Bertz CT molecular complexity index is 704. The third-order valence-corrected chi connectivity index (χ3v) is 3.43. The molecule has 96 valence electrons. The van der Waals surface area contributed by atoms with E-state index in [-0.39, 0.29) is 6.61 Å². The van der Waals surface area contributed by atoms with Crippen LogP contribution in [0.4, 0.5) is 0 Å². The Labute approximate surface area is 111 Å². The van der Waals surface area contributed by atoms with Crippen molar-refractivity contribution < 1.29 is 5.11 Å². The number of fused-ring (bicyclic) bond motifs is 1. The molecule has 4 nitrogen and oxygen atoms in total. The van der Waals surface area contributed by atoms with Gasteiger partial charge in [0.05, 0.1) is 5.52 Å². The molecule has 0 bridgehead atoms. The van der Waals surface area contributed by atoms with E-state index in [2.05, 4.69) is 34.5 Å². The van der Waals surface area contributed by atoms with E-state index >= 15 is 0 Å². The summed E-state index contributed by atoms with van der Waals surface area (Å²) in [5, 5.41) is 20.2. The molecule has 3 aromatic rings. The summed E-state index contributed by atoms with van der Waals surface area (Å²) < 4.78 is 0. The van der Waals surface area contributed by atoms with Gasteiger partial charge in [-0.2, -0.15) is 0 Å². The predicted molar refractivity (Wildman–Crippen MR) is 74.9 cm³/mol. The number of nitrogens with zero attached hydrogens (tertiary/aromatic N) is 2. The minimum absolute atomic E-state index is 0.141. The van der Waals surface area contributed by atoms with Gasteiger partial charge in [-0.25, -0.2) is 0 Å². The molecular formula is C15H15N3O. The summed E-state index contributed by atoms with van der Waals surface area (Å²) in [6.45, 7) is 2.21. The third kappa shape index (κ3) is 2.00. The number of nitrogens with one attached hydrogen (secondary N) is 1. The number of rotatable bonds is 3. The van der Waals surface area contributed by atoms with Crippen molar-refractivity contribution in [3.63, 3.8) is 0 Å². The van der Waals surface area contributed by atoms with Crippen molar-refractivity contribution in [2.75, 3.05) is 6.61 Å². The van der Waals surface area contributed by atoms with Gasteiger partial charge in [0.2, 0.25) is 0 Å². The molecule has 0 atom stereocenters. The Kier molecular flexibility index (Phi) is 3.01. The summed E-state index contributed by atoms with van der Waals surface area (Å²) in [6.07, 6.45) is 0.640. The highest BCUT2D eigenvalue weighted by molar-refractivity contribution is 5.94. The van der Waals surface area contributed by atoms with Gasteiger partial charge in [0, 0.05) is 12.2 Å². The van der Waals surface area contributed by atoms with Crippen molar-refractivity contribution >= 4 is 11.0 Å². The van der Waals surface area contributed by atoms with E-state index in [1.807, 2.05) is 24.3 Å². The van der Waals surface area contributed by atoms with Crippen molar-refractivity contribution in [1.29, 1.82) is 0 Å². The third-order valence-electron chi connectivity index (χ3n) is 3.43. The molecule has 0 radical (unpaired) electrons. The molecule has 1 heterocycles. The van der Waals surface area contributed by atoms with E-state index in [1.165, 1.54) is 0 Å². The van der Waals surface area contributed by atoms with Crippen LogP contribution >= 0.6 is 0 Å². The maximum absolute atomic E-state index is 9.19. The molecule has 0 saturated heterocycles. The first-order valence-electron chi connectivity index (χ1n) is 6.31. The Morgan fingerprint density at radius 1 is 1.21 bits per heavy atom. The first-order chi connectivity index (χ1) is 9.31. The fourth-order valence-electron chi connectivity index (χ4n) is 2.48. The molecular weight excluding hydrogens is 238 g/mol. The maximum Gasteiger partial charge on any atom is 0.121 e. The summed E-state index contributed by atoms with van der Waals surface area (Å²) >= 11 is 0. The van der Waals surface area contributed by atoms with Gasteiger partial charge in [-0.15, -0.1) is 5.10 Å². The highest BCUT2D eigenvalue weighted by atomic mass is 16.2. The average molecular weight is 253 g/mol. The maximum atomic E-state index is 9.19. The second-order valence-electron chi connectivity index (χ2n) is 4.58. The van der Waals surface area contributed by atoms with Gasteiger partial charge in [0.25, 0.3) is 0 Å². The number of aliphatic hydroxyl groups is 1. The van der Waals surface area contributed by atoms with Crippen LogP contribution in [0.5, 0.6) is 0 Å². The van der Waals surface area contributed by atoms with Crippen LogP contribution in [0.15, 0.2) is 36.4 Å². The molecule has 19 heavy (non-hydrogen) atoms. The summed E-state index contributed by atoms with van der Waals surface area (Å²) in [5.74, 6) is 0. The lowest BCUT2D eigenvalue weighted by molar-refractivity contribution is 0.299. The number of hydrogen-bond donors (Lipinski definition) is 2. The normalized spacial score (nSPS) is 11.1. The Hall–Kier alpha value is -2.20. The molecule has 0 fully saturated rings. The molecule has 0 saturated carbocycles. The number of hydrogen-bond acceptors (Lipinski definition) is 3. The standard InChI is InChI=1S/C15H15N3O/c1-10-12(7-8-19)9-13-15(17-18-16-13)14(10)11-5-3-2-4-6-11/h2-6,9,19H,7-8H2,1H3,(H,16,17,18). The first kappa shape index (κ1) is 11.9. The van der Waals surface area contributed by atoms with Crippen molar-refractivity contribution in [3.8, 4) is 11.1 Å². The van der Waals surface area contributed by atoms with Gasteiger partial charge in [0.15, 0.2) is 0 Å². The highest BCUT2D eigenvalue weighted by Gasteiger charge is 2.14. The molecule has 0 aliphatic heterocycles. The Morgan fingerprint density at radius 3 is 2.74 bits per heavy atom. The van der Waals surface area contributed by atoms with E-state index < -0.39 is 0 Å². The van der Waals surface area contributed by atoms with Gasteiger partial charge in [-0.05, 0) is 36.1 Å². The highest BCUT2D eigenvalue weighted by Crippen LogP contribution is 2.32. The van der Waals surface area contributed by atoms with Crippen molar-refractivity contribution in [1.82, 2.24) is 15.4 Å². The zero-order valence-electron chi connectivity index (χ0n) is 10.7. The van der Waals surface area contributed by atoms with Crippen LogP contribution in [0.1, 0.15) is 11.1 Å². The van der Waals surface area contributed by atoms with Crippen LogP contribution in [-0.2, 0) is 6.42 Å². The Morgan fingerprint density at radius 2 is 2.00 bits per heavy atom. The smallest absolute Gasteiger partial charge is 0.121 e. The molecule has 0 unspecified atom stereocenters. The van der Waals surface area contributed by atoms with Gasteiger partial charge in [-0.3, -0.25) is 5.10 Å². The summed E-state index contributed by atoms with van der Waals surface area (Å²) in [4.78, 5) is 0. The van der Waals surface area contributed by atoms with Crippen molar-refractivity contribution in [3.05, 3.63) is 47.5 Å². The van der Waals surface area contributed by atoms with E-state index in [0.717, 1.165) is 33.3 Å². The minimum Gasteiger partial charge on any atom is -0.396 e. The number of benzene rings is 2. The van der Waals surface area contributed by atoms with Crippen LogP contribution in [0.3, 0.4) is 0 Å². The quantitative estimate of drug-likeness (QED) is 0.753. The molecule has 2 N–H and O–H groups in total. The number of aromatic amines is 1. The molecule has 0 spiro atoms. The predicted octanol–water partition coefficient (Wildman–Crippen LogP) is 2.47. The first-order valence-corrected chi connectivity index (χ1v) is 6.31. The fraction of sp³-hybridized carbons (Fsp3) is 0.200. The zero-order chi connectivity index (χ0) is 13.2. The van der Waals surface area contributed by atoms with Gasteiger partial charge in [0.1, 0.15) is 5.52 Å². The second-order valence-corrected chi connectivity index (χ2v) is 4.58. The average Bonchev–Trinajstić information content (AvgIpc) is 2.88. The molecule has 0 amide bonds. The molecule has 0 aliphatic rings. The van der Waals surface area contributed by atoms with Gasteiger partial charge in [-0.1, -0.05) is 35.5 Å². The Balaban J connectivity index is 2.32. The van der Waals surface area contributed by atoms with Crippen molar-refractivity contribution in [2.45, 2.75) is 13.3 Å². The number of H-pyrrole nitrogens is 1. The number of aliphatic hydroxyl groups excluding tert-OH is 1. The molecule has 3 rings (SSSR count). The van der Waals surface area contributed by atoms with Crippen LogP contribution < -0.4 is 0 Å². The molecule has 1 aromatic heterocycles. The second kappa shape index (κ2) is 4.82. The lowest BCUT2D eigenvalue weighted by Crippen LogP contribution is -1.97. The van der Waals surface area contributed by atoms with E-state index in [1.54, 1.807) is 0 Å². The van der Waals surface area contributed by atoms with Crippen LogP contribution in [0.25, 0.3) is 22.2 Å². The van der Waals surface area contributed by atoms with Gasteiger partial charge >= 0.3 is 0 Å². The van der Waals surface area contributed by atoms with E-state index in [4.69, 9.17) is 0 Å². The van der Waals surface area contributed by atoms with Crippen LogP contribution in [0, 0.1) is 6.92 Å². The SMILES string of the molecule is Cc1c(CCO)cc2[nH]nnc2c1-c1ccccc1. The van der Waals surface area contributed by atoms with Crippen LogP contribution in [-0.4, -0.2) is 27.1 Å². The zero-order valence-corrected chi connectivity index (χ0v) is 10.7. The lowest BCUT2D eigenvalue weighted by atomic mass is 9.93. The minimum atomic E-state index is 0.141. The summed E-state index contributed by atoms with van der Waals surface area (Å²) in [5.41, 5.74) is 6.29. The molecule has 0 aliphatic carbocycles. The topological polar surface area (TPSA) is 61.8 Å². The van der Waals surface area contributed by atoms with Gasteiger partial charge < -0.3 is 5.11 Å². The van der Waals surface area contributed by atoms with Crippen LogP contribution in [0.2, 0.25) is 0 Å². The fourth-order valence-corrected chi connectivity index (χ4v) is 2.48. The molecule has 2 aromatic carbocycles.